The maximum atomic E-state index is 11.9. The van der Waals surface area contributed by atoms with Crippen LogP contribution in [0.4, 0.5) is 0 Å². The standard InChI is InChI=1S/C41H74N2O20/c1-43-28(46)15-7-4-10-19-58-38-27(23-59-40-34(53)31(50)36(25(21-44)61-40)56-18-9-3-6-13-24(45)14-12-17-42)63-41(35(54)32(38)51)60-22-26-37(30(49)33(52)39(55-2)62-26)57-20-11-5-8-16-29(47)48/h25-27,30-41,44,49-54H,3-23,42H2,1-2H3,(H,43,46)(H,47,48)/t25-,26-,27-,30-,31-,32-,33-,34-,35-,36-,37-,38-,39+,40+,41+/m1/s1. The van der Waals surface area contributed by atoms with Gasteiger partial charge in [-0.3, -0.25) is 14.4 Å². The number of hydrogen-bond donors (Lipinski definition) is 10. The van der Waals surface area contributed by atoms with Gasteiger partial charge in [-0.2, -0.15) is 0 Å². The van der Waals surface area contributed by atoms with Crippen LogP contribution in [-0.2, 0) is 57.0 Å². The molecule has 63 heavy (non-hydrogen) atoms. The molecule has 1 amide bonds. The van der Waals surface area contributed by atoms with E-state index >= 15 is 0 Å². The van der Waals surface area contributed by atoms with Gasteiger partial charge in [-0.1, -0.05) is 19.3 Å². The highest BCUT2D eigenvalue weighted by molar-refractivity contribution is 5.78. The largest absolute Gasteiger partial charge is 0.481 e. The van der Waals surface area contributed by atoms with E-state index in [0.29, 0.717) is 90.0 Å². The number of unbranched alkanes of at least 4 members (excludes halogenated alkanes) is 6. The predicted octanol–water partition coefficient (Wildman–Crippen LogP) is -2.03. The molecule has 3 heterocycles. The first kappa shape index (κ1) is 55.3. The molecule has 3 rings (SSSR count). The number of nitrogens with two attached hydrogens (primary N) is 1. The number of rotatable bonds is 32. The smallest absolute Gasteiger partial charge is 0.303 e. The van der Waals surface area contributed by atoms with E-state index in [2.05, 4.69) is 5.32 Å². The number of amides is 1. The first-order chi connectivity index (χ1) is 30.3. The molecule has 0 bridgehead atoms. The molecule has 0 aromatic carbocycles. The van der Waals surface area contributed by atoms with Crippen LogP contribution in [0.5, 0.6) is 0 Å². The summed E-state index contributed by atoms with van der Waals surface area (Å²) in [5.74, 6) is -0.888. The van der Waals surface area contributed by atoms with Crippen LogP contribution in [0.25, 0.3) is 0 Å². The average Bonchev–Trinajstić information content (AvgIpc) is 3.27. The molecule has 0 aliphatic carbocycles. The van der Waals surface area contributed by atoms with Crippen LogP contribution in [0.2, 0.25) is 0 Å². The van der Waals surface area contributed by atoms with Crippen LogP contribution in [0.1, 0.15) is 89.9 Å². The summed E-state index contributed by atoms with van der Waals surface area (Å²) in [5.41, 5.74) is 5.46. The Kier molecular flexibility index (Phi) is 26.5. The van der Waals surface area contributed by atoms with Crippen molar-refractivity contribution in [3.63, 3.8) is 0 Å². The van der Waals surface area contributed by atoms with E-state index in [1.165, 1.54) is 7.11 Å². The van der Waals surface area contributed by atoms with Gasteiger partial charge < -0.3 is 94.5 Å². The molecule has 22 heteroatoms. The van der Waals surface area contributed by atoms with Gasteiger partial charge >= 0.3 is 5.97 Å². The van der Waals surface area contributed by atoms with Gasteiger partial charge in [-0.15, -0.1) is 0 Å². The number of carbonyl (C=O) groups is 3. The number of carboxylic acids is 1. The molecular weight excluding hydrogens is 840 g/mol. The van der Waals surface area contributed by atoms with Gasteiger partial charge in [0.25, 0.3) is 0 Å². The normalized spacial score (nSPS) is 33.6. The van der Waals surface area contributed by atoms with E-state index < -0.39 is 118 Å². The Labute approximate surface area is 368 Å². The van der Waals surface area contributed by atoms with Crippen molar-refractivity contribution in [3.8, 4) is 0 Å². The molecule has 3 aliphatic heterocycles. The van der Waals surface area contributed by atoms with Crippen molar-refractivity contribution in [1.82, 2.24) is 5.32 Å². The van der Waals surface area contributed by atoms with Crippen LogP contribution >= 0.6 is 0 Å². The van der Waals surface area contributed by atoms with Crippen LogP contribution in [0, 0.1) is 0 Å². The summed E-state index contributed by atoms with van der Waals surface area (Å²) in [6.45, 7) is -0.646. The number of ketones is 1. The third kappa shape index (κ3) is 18.3. The van der Waals surface area contributed by atoms with Gasteiger partial charge in [-0.25, -0.2) is 0 Å². The van der Waals surface area contributed by atoms with Crippen LogP contribution in [0.15, 0.2) is 0 Å². The predicted molar refractivity (Wildman–Crippen MR) is 218 cm³/mol. The second-order valence-electron chi connectivity index (χ2n) is 16.1. The first-order valence-corrected chi connectivity index (χ1v) is 22.2. The Morgan fingerprint density at radius 2 is 0.952 bits per heavy atom. The minimum atomic E-state index is -1.70. The second-order valence-corrected chi connectivity index (χ2v) is 16.1. The minimum absolute atomic E-state index is 0.00927. The quantitative estimate of drug-likeness (QED) is 0.0326. The Morgan fingerprint density at radius 3 is 1.40 bits per heavy atom. The SMILES string of the molecule is CNC(=O)CCCCCO[C@H]1[C@H](O)[C@@H](O)[C@@H](OC[C@H]2O[C@H](OC)[C@H](O)[C@@H](O)[C@@H]2OCCCCCC(=O)O)O[C@@H]1CO[C@H]1O[C@H](CO)[C@@H](OCCCCCC(=O)CCCN)[C@H](O)[C@H]1O. The molecule has 3 saturated heterocycles. The monoisotopic (exact) mass is 914 g/mol. The molecule has 368 valence electrons. The van der Waals surface area contributed by atoms with E-state index in [-0.39, 0.29) is 37.9 Å². The summed E-state index contributed by atoms with van der Waals surface area (Å²) < 4.78 is 52.5. The number of ether oxygens (including phenoxy) is 9. The maximum absolute atomic E-state index is 11.9. The molecule has 0 unspecified atom stereocenters. The zero-order chi connectivity index (χ0) is 46.3. The Bertz CT molecular complexity index is 1290. The molecule has 0 aromatic heterocycles. The lowest BCUT2D eigenvalue weighted by molar-refractivity contribution is -0.346. The fraction of sp³-hybridized carbons (Fsp3) is 0.927. The van der Waals surface area contributed by atoms with Crippen LogP contribution < -0.4 is 11.1 Å². The molecule has 22 nitrogen and oxygen atoms in total. The number of aliphatic hydroxyl groups is 7. The summed E-state index contributed by atoms with van der Waals surface area (Å²) in [7, 11) is 2.81. The van der Waals surface area contributed by atoms with E-state index in [1.807, 2.05) is 0 Å². The molecule has 0 saturated carbocycles. The highest BCUT2D eigenvalue weighted by atomic mass is 16.7. The third-order valence-electron chi connectivity index (χ3n) is 11.2. The van der Waals surface area contributed by atoms with Gasteiger partial charge in [0.1, 0.15) is 79.0 Å². The number of nitrogens with one attached hydrogen (secondary N) is 1. The van der Waals surface area contributed by atoms with Gasteiger partial charge in [0.2, 0.25) is 5.91 Å². The van der Waals surface area contributed by atoms with Gasteiger partial charge in [0.05, 0.1) is 19.8 Å². The lowest BCUT2D eigenvalue weighted by Gasteiger charge is -2.45. The minimum Gasteiger partial charge on any atom is -0.481 e. The second kappa shape index (κ2) is 30.3. The van der Waals surface area contributed by atoms with Crippen molar-refractivity contribution in [1.29, 1.82) is 0 Å². The zero-order valence-corrected chi connectivity index (χ0v) is 36.6. The number of carboxylic acid groups (broad SMARTS) is 1. The lowest BCUT2D eigenvalue weighted by Crippen LogP contribution is -2.63. The maximum Gasteiger partial charge on any atom is 0.303 e. The van der Waals surface area contributed by atoms with E-state index in [1.54, 1.807) is 7.05 Å². The summed E-state index contributed by atoms with van der Waals surface area (Å²) >= 11 is 0. The number of aliphatic hydroxyl groups excluding tert-OH is 7. The van der Waals surface area contributed by atoms with Crippen molar-refractivity contribution in [2.45, 2.75) is 182 Å². The summed E-state index contributed by atoms with van der Waals surface area (Å²) in [5, 5.41) is 87.8. The highest BCUT2D eigenvalue weighted by Crippen LogP contribution is 2.31. The number of aliphatic carboxylic acids is 1. The van der Waals surface area contributed by atoms with E-state index in [4.69, 9.17) is 53.5 Å². The number of methoxy groups -OCH3 is 1. The molecule has 11 N–H and O–H groups in total. The van der Waals surface area contributed by atoms with E-state index in [9.17, 15) is 50.1 Å². The third-order valence-corrected chi connectivity index (χ3v) is 11.2. The van der Waals surface area contributed by atoms with Crippen LogP contribution in [-0.4, -0.2) is 211 Å². The van der Waals surface area contributed by atoms with Crippen molar-refractivity contribution in [2.24, 2.45) is 5.73 Å². The molecule has 0 aromatic rings. The van der Waals surface area contributed by atoms with Gasteiger partial charge in [-0.05, 0) is 51.5 Å². The Hall–Kier alpha value is -2.07. The summed E-state index contributed by atoms with van der Waals surface area (Å²) in [4.78, 5) is 34.4. The summed E-state index contributed by atoms with van der Waals surface area (Å²) in [6, 6.07) is 0. The first-order valence-electron chi connectivity index (χ1n) is 22.2. The average molecular weight is 915 g/mol. The van der Waals surface area contributed by atoms with Crippen molar-refractivity contribution >= 4 is 17.7 Å². The Balaban J connectivity index is 1.66. The topological polar surface area (TPSA) is 334 Å². The van der Waals surface area contributed by atoms with Crippen molar-refractivity contribution in [2.75, 3.05) is 60.3 Å². The molecule has 0 spiro atoms. The fourth-order valence-corrected chi connectivity index (χ4v) is 7.53. The molecular formula is C41H74N2O20. The number of hydrogen-bond acceptors (Lipinski definition) is 20. The highest BCUT2D eigenvalue weighted by Gasteiger charge is 2.50. The molecule has 3 fully saturated rings. The Morgan fingerprint density at radius 1 is 0.540 bits per heavy atom. The number of Topliss-reactive ketones (excluding diaryl/α,β-unsaturated/α-hetero) is 1. The lowest BCUT2D eigenvalue weighted by atomic mass is 9.97. The molecule has 15 atom stereocenters. The van der Waals surface area contributed by atoms with Gasteiger partial charge in [0.15, 0.2) is 18.9 Å². The molecule has 3 aliphatic rings. The fourth-order valence-electron chi connectivity index (χ4n) is 7.53. The van der Waals surface area contributed by atoms with Gasteiger partial charge in [0, 0.05) is 59.7 Å². The summed E-state index contributed by atoms with van der Waals surface area (Å²) in [6.07, 6.45) is -13.9. The zero-order valence-electron chi connectivity index (χ0n) is 36.6. The van der Waals surface area contributed by atoms with Crippen molar-refractivity contribution < 1.29 is 97.9 Å². The van der Waals surface area contributed by atoms with Crippen LogP contribution in [0.3, 0.4) is 0 Å². The van der Waals surface area contributed by atoms with E-state index in [0.717, 1.165) is 0 Å². The number of carbonyl (C=O) groups excluding carboxylic acids is 2. The molecule has 0 radical (unpaired) electrons. The van der Waals surface area contributed by atoms with Crippen molar-refractivity contribution in [3.05, 3.63) is 0 Å².